The minimum absolute atomic E-state index is 0.0737. The fourth-order valence-electron chi connectivity index (χ4n) is 1.81. The summed E-state index contributed by atoms with van der Waals surface area (Å²) in [5.74, 6) is -0.328. The SMILES string of the molecule is CCOC(=O)Cn1c(C#N)cc2ccccc21. The van der Waals surface area contributed by atoms with Gasteiger partial charge in [0.1, 0.15) is 18.3 Å². The van der Waals surface area contributed by atoms with Gasteiger partial charge in [-0.15, -0.1) is 0 Å². The van der Waals surface area contributed by atoms with Gasteiger partial charge in [0.05, 0.1) is 6.61 Å². The molecule has 0 amide bonds. The zero-order valence-electron chi connectivity index (χ0n) is 9.51. The van der Waals surface area contributed by atoms with E-state index in [0.29, 0.717) is 12.3 Å². The number of ether oxygens (including phenoxy) is 1. The van der Waals surface area contributed by atoms with Crippen LogP contribution in [0.25, 0.3) is 10.9 Å². The number of esters is 1. The Morgan fingerprint density at radius 3 is 2.94 bits per heavy atom. The summed E-state index contributed by atoms with van der Waals surface area (Å²) in [4.78, 5) is 11.5. The van der Waals surface area contributed by atoms with Crippen LogP contribution in [0.1, 0.15) is 12.6 Å². The van der Waals surface area contributed by atoms with Crippen molar-refractivity contribution in [3.63, 3.8) is 0 Å². The quantitative estimate of drug-likeness (QED) is 0.756. The van der Waals surface area contributed by atoms with Crippen LogP contribution in [0.5, 0.6) is 0 Å². The number of benzene rings is 1. The summed E-state index contributed by atoms with van der Waals surface area (Å²) in [5, 5.41) is 9.99. The molecule has 4 nitrogen and oxygen atoms in total. The van der Waals surface area contributed by atoms with Crippen LogP contribution in [0, 0.1) is 11.3 Å². The molecule has 4 heteroatoms. The number of nitriles is 1. The molecule has 0 aliphatic rings. The van der Waals surface area contributed by atoms with Gasteiger partial charge in [-0.1, -0.05) is 18.2 Å². The first kappa shape index (κ1) is 11.2. The van der Waals surface area contributed by atoms with Crippen molar-refractivity contribution < 1.29 is 9.53 Å². The van der Waals surface area contributed by atoms with Gasteiger partial charge in [-0.3, -0.25) is 4.79 Å². The third kappa shape index (κ3) is 2.13. The van der Waals surface area contributed by atoms with Crippen molar-refractivity contribution in [2.45, 2.75) is 13.5 Å². The van der Waals surface area contributed by atoms with Gasteiger partial charge in [0, 0.05) is 10.9 Å². The summed E-state index contributed by atoms with van der Waals surface area (Å²) in [6.45, 7) is 2.18. The number of rotatable bonds is 3. The van der Waals surface area contributed by atoms with Crippen molar-refractivity contribution in [1.82, 2.24) is 4.57 Å². The molecular formula is C13H12N2O2. The largest absolute Gasteiger partial charge is 0.465 e. The van der Waals surface area contributed by atoms with Crippen LogP contribution in [0.15, 0.2) is 30.3 Å². The van der Waals surface area contributed by atoms with Crippen molar-refractivity contribution in [3.05, 3.63) is 36.0 Å². The third-order valence-corrected chi connectivity index (χ3v) is 2.52. The van der Waals surface area contributed by atoms with Crippen LogP contribution in [0.2, 0.25) is 0 Å². The van der Waals surface area contributed by atoms with Gasteiger partial charge >= 0.3 is 5.97 Å². The number of para-hydroxylation sites is 1. The highest BCUT2D eigenvalue weighted by molar-refractivity contribution is 5.84. The molecule has 0 radical (unpaired) electrons. The molecule has 0 N–H and O–H groups in total. The molecule has 1 heterocycles. The maximum Gasteiger partial charge on any atom is 0.325 e. The van der Waals surface area contributed by atoms with Gasteiger partial charge in [-0.2, -0.15) is 5.26 Å². The predicted molar refractivity (Wildman–Crippen MR) is 63.3 cm³/mol. The zero-order chi connectivity index (χ0) is 12.3. The Balaban J connectivity index is 2.44. The predicted octanol–water partition coefficient (Wildman–Crippen LogP) is 2.08. The average molecular weight is 228 g/mol. The van der Waals surface area contributed by atoms with E-state index in [4.69, 9.17) is 10.00 Å². The van der Waals surface area contributed by atoms with E-state index < -0.39 is 0 Å². The van der Waals surface area contributed by atoms with Crippen LogP contribution >= 0.6 is 0 Å². The summed E-state index contributed by atoms with van der Waals surface area (Å²) in [5.41, 5.74) is 1.34. The molecule has 0 saturated heterocycles. The summed E-state index contributed by atoms with van der Waals surface area (Å²) >= 11 is 0. The molecule has 17 heavy (non-hydrogen) atoms. The fraction of sp³-hybridized carbons (Fsp3) is 0.231. The molecule has 0 saturated carbocycles. The van der Waals surface area contributed by atoms with E-state index in [9.17, 15) is 4.79 Å². The van der Waals surface area contributed by atoms with Crippen LogP contribution in [-0.2, 0) is 16.1 Å². The van der Waals surface area contributed by atoms with E-state index in [1.165, 1.54) is 0 Å². The first-order valence-corrected chi connectivity index (χ1v) is 5.40. The van der Waals surface area contributed by atoms with E-state index in [2.05, 4.69) is 6.07 Å². The van der Waals surface area contributed by atoms with Gasteiger partial charge in [0.25, 0.3) is 0 Å². The average Bonchev–Trinajstić information content (AvgIpc) is 2.68. The van der Waals surface area contributed by atoms with Gasteiger partial charge < -0.3 is 9.30 Å². The van der Waals surface area contributed by atoms with Crippen LogP contribution in [-0.4, -0.2) is 17.1 Å². The molecule has 0 aliphatic heterocycles. The second-order valence-corrected chi connectivity index (χ2v) is 3.59. The Bertz CT molecular complexity index is 593. The van der Waals surface area contributed by atoms with Gasteiger partial charge in [-0.25, -0.2) is 0 Å². The number of hydrogen-bond donors (Lipinski definition) is 0. The third-order valence-electron chi connectivity index (χ3n) is 2.52. The van der Waals surface area contributed by atoms with Crippen LogP contribution < -0.4 is 0 Å². The molecule has 0 bridgehead atoms. The lowest BCUT2D eigenvalue weighted by molar-refractivity contribution is -0.143. The number of nitrogens with zero attached hydrogens (tertiary/aromatic N) is 2. The Kier molecular flexibility index (Phi) is 3.10. The second-order valence-electron chi connectivity index (χ2n) is 3.59. The number of fused-ring (bicyclic) bond motifs is 1. The van der Waals surface area contributed by atoms with Crippen molar-refractivity contribution >= 4 is 16.9 Å². The summed E-state index contributed by atoms with van der Waals surface area (Å²) in [6, 6.07) is 11.4. The first-order chi connectivity index (χ1) is 8.26. The van der Waals surface area contributed by atoms with Gasteiger partial charge in [0.2, 0.25) is 0 Å². The summed E-state index contributed by atoms with van der Waals surface area (Å²) in [6.07, 6.45) is 0. The monoisotopic (exact) mass is 228 g/mol. The molecule has 0 fully saturated rings. The topological polar surface area (TPSA) is 55.0 Å². The Labute approximate surface area is 99.0 Å². The lowest BCUT2D eigenvalue weighted by Crippen LogP contribution is -2.14. The van der Waals surface area contributed by atoms with Crippen molar-refractivity contribution in [3.8, 4) is 6.07 Å². The lowest BCUT2D eigenvalue weighted by atomic mass is 10.2. The molecule has 2 rings (SSSR count). The molecule has 86 valence electrons. The summed E-state index contributed by atoms with van der Waals surface area (Å²) < 4.78 is 6.57. The number of hydrogen-bond acceptors (Lipinski definition) is 3. The standard InChI is InChI=1S/C13H12N2O2/c1-2-17-13(16)9-15-11(8-14)7-10-5-3-4-6-12(10)15/h3-7H,2,9H2,1H3. The van der Waals surface area contributed by atoms with Crippen molar-refractivity contribution in [1.29, 1.82) is 5.26 Å². The maximum absolute atomic E-state index is 11.5. The fourth-order valence-corrected chi connectivity index (χ4v) is 1.81. The molecular weight excluding hydrogens is 216 g/mol. The molecule has 0 atom stereocenters. The lowest BCUT2D eigenvalue weighted by Gasteiger charge is -2.06. The van der Waals surface area contributed by atoms with E-state index in [1.807, 2.05) is 24.3 Å². The molecule has 1 aromatic heterocycles. The van der Waals surface area contributed by atoms with Gasteiger partial charge in [-0.05, 0) is 19.1 Å². The van der Waals surface area contributed by atoms with E-state index in [1.54, 1.807) is 17.6 Å². The molecule has 0 aliphatic carbocycles. The van der Waals surface area contributed by atoms with E-state index in [-0.39, 0.29) is 12.5 Å². The van der Waals surface area contributed by atoms with E-state index in [0.717, 1.165) is 10.9 Å². The van der Waals surface area contributed by atoms with Crippen molar-refractivity contribution in [2.75, 3.05) is 6.61 Å². The Hall–Kier alpha value is -2.28. The number of carbonyl (C=O) groups is 1. The number of aromatic nitrogens is 1. The molecule has 2 aromatic rings. The van der Waals surface area contributed by atoms with Gasteiger partial charge in [0.15, 0.2) is 0 Å². The highest BCUT2D eigenvalue weighted by Crippen LogP contribution is 2.19. The Morgan fingerprint density at radius 1 is 1.47 bits per heavy atom. The maximum atomic E-state index is 11.5. The molecule has 0 spiro atoms. The van der Waals surface area contributed by atoms with Crippen LogP contribution in [0.4, 0.5) is 0 Å². The van der Waals surface area contributed by atoms with Crippen LogP contribution in [0.3, 0.4) is 0 Å². The minimum atomic E-state index is -0.328. The van der Waals surface area contributed by atoms with E-state index >= 15 is 0 Å². The normalized spacial score (nSPS) is 10.1. The summed E-state index contributed by atoms with van der Waals surface area (Å²) in [7, 11) is 0. The minimum Gasteiger partial charge on any atom is -0.465 e. The Morgan fingerprint density at radius 2 is 2.24 bits per heavy atom. The molecule has 1 aromatic carbocycles. The highest BCUT2D eigenvalue weighted by atomic mass is 16.5. The number of carbonyl (C=O) groups excluding carboxylic acids is 1. The smallest absolute Gasteiger partial charge is 0.325 e. The first-order valence-electron chi connectivity index (χ1n) is 5.40. The van der Waals surface area contributed by atoms with Crippen molar-refractivity contribution in [2.24, 2.45) is 0 Å². The highest BCUT2D eigenvalue weighted by Gasteiger charge is 2.11. The zero-order valence-corrected chi connectivity index (χ0v) is 9.51. The molecule has 0 unspecified atom stereocenters. The second kappa shape index (κ2) is 4.71.